The van der Waals surface area contributed by atoms with Crippen molar-refractivity contribution in [3.63, 3.8) is 0 Å². The highest BCUT2D eigenvalue weighted by atomic mass is 32.2. The first kappa shape index (κ1) is 33.9. The number of carbonyl (C=O) groups excluding carboxylic acids is 2. The van der Waals surface area contributed by atoms with Gasteiger partial charge in [-0.1, -0.05) is 18.2 Å². The van der Waals surface area contributed by atoms with Crippen LogP contribution in [0.1, 0.15) is 35.2 Å². The SMILES string of the molecule is COC(=O)N1CC(c2nnc(C3=CNC4=C(C(=O)[C@@H](N)CS4(=O)=O)C(Cc4ccc(-c5ccc(C(F)(F)F)cc5)nc4)=C3)o2)CC(F)(F)C1. The second-order valence-electron chi connectivity index (χ2n) is 11.7. The van der Waals surface area contributed by atoms with Gasteiger partial charge in [0, 0.05) is 30.9 Å². The first-order chi connectivity index (χ1) is 23.0. The molecule has 0 spiro atoms. The van der Waals surface area contributed by atoms with Crippen molar-refractivity contribution in [1.82, 2.24) is 25.4 Å². The zero-order valence-corrected chi connectivity index (χ0v) is 26.3. The van der Waals surface area contributed by atoms with Crippen LogP contribution in [0.4, 0.5) is 26.7 Å². The van der Waals surface area contributed by atoms with E-state index >= 15 is 0 Å². The Labute approximate surface area is 275 Å². The van der Waals surface area contributed by atoms with Crippen molar-refractivity contribution in [2.75, 3.05) is 26.0 Å². The number of sulfone groups is 1. The number of piperidine rings is 1. The lowest BCUT2D eigenvalue weighted by Gasteiger charge is -2.35. The maximum Gasteiger partial charge on any atom is 0.416 e. The molecule has 49 heavy (non-hydrogen) atoms. The minimum atomic E-state index is -4.50. The molecule has 6 rings (SSSR count). The van der Waals surface area contributed by atoms with Crippen molar-refractivity contribution >= 4 is 27.3 Å². The lowest BCUT2D eigenvalue weighted by Crippen LogP contribution is -2.48. The number of nitrogens with one attached hydrogen (secondary N) is 1. The van der Waals surface area contributed by atoms with Gasteiger partial charge in [0.2, 0.25) is 11.8 Å². The molecule has 0 bridgehead atoms. The Morgan fingerprint density at radius 2 is 1.90 bits per heavy atom. The van der Waals surface area contributed by atoms with Crippen molar-refractivity contribution in [2.45, 2.75) is 36.9 Å². The van der Waals surface area contributed by atoms with Crippen LogP contribution in [0.5, 0.6) is 0 Å². The number of benzene rings is 1. The Hall–Kier alpha value is -4.97. The molecule has 18 heteroatoms. The van der Waals surface area contributed by atoms with E-state index in [1.54, 1.807) is 12.1 Å². The summed E-state index contributed by atoms with van der Waals surface area (Å²) in [6.45, 7) is -1.03. The molecule has 1 fully saturated rings. The Kier molecular flexibility index (Phi) is 8.64. The van der Waals surface area contributed by atoms with Crippen LogP contribution in [0.15, 0.2) is 75.5 Å². The smallest absolute Gasteiger partial charge is 0.416 e. The number of hydrogen-bond donors (Lipinski definition) is 2. The quantitative estimate of drug-likeness (QED) is 0.368. The Morgan fingerprint density at radius 3 is 2.55 bits per heavy atom. The van der Waals surface area contributed by atoms with Gasteiger partial charge in [0.1, 0.15) is 5.03 Å². The molecule has 1 saturated heterocycles. The van der Waals surface area contributed by atoms with Gasteiger partial charge in [0.05, 0.1) is 53.8 Å². The van der Waals surface area contributed by atoms with Gasteiger partial charge in [0.25, 0.3) is 5.92 Å². The molecule has 1 amide bonds. The summed E-state index contributed by atoms with van der Waals surface area (Å²) in [7, 11) is -3.01. The highest BCUT2D eigenvalue weighted by Crippen LogP contribution is 2.38. The van der Waals surface area contributed by atoms with E-state index in [0.29, 0.717) is 16.8 Å². The number of amides is 1. The number of Topliss-reactive ketones (excluding diaryl/α,β-unsaturated/α-hetero) is 1. The molecule has 3 aliphatic rings. The number of halogens is 5. The molecule has 2 aromatic heterocycles. The summed E-state index contributed by atoms with van der Waals surface area (Å²) < 4.78 is 105. The molecule has 3 aliphatic heterocycles. The van der Waals surface area contributed by atoms with Crippen molar-refractivity contribution in [3.8, 4) is 11.3 Å². The van der Waals surface area contributed by atoms with Crippen molar-refractivity contribution < 1.29 is 49.1 Å². The van der Waals surface area contributed by atoms with Crippen LogP contribution in [0.3, 0.4) is 0 Å². The van der Waals surface area contributed by atoms with Crippen molar-refractivity contribution in [3.05, 3.63) is 94.0 Å². The molecule has 2 atom stereocenters. The van der Waals surface area contributed by atoms with E-state index in [2.05, 4.69) is 25.2 Å². The summed E-state index contributed by atoms with van der Waals surface area (Å²) in [6, 6.07) is 6.27. The zero-order chi connectivity index (χ0) is 35.3. The molecule has 1 unspecified atom stereocenters. The highest BCUT2D eigenvalue weighted by molar-refractivity contribution is 7.95. The number of nitrogens with two attached hydrogens (primary N) is 1. The zero-order valence-electron chi connectivity index (χ0n) is 25.5. The minimum absolute atomic E-state index is 0.0595. The fourth-order valence-electron chi connectivity index (χ4n) is 5.82. The molecular weight excluding hydrogens is 679 g/mol. The van der Waals surface area contributed by atoms with Gasteiger partial charge >= 0.3 is 12.3 Å². The first-order valence-electron chi connectivity index (χ1n) is 14.7. The summed E-state index contributed by atoms with van der Waals surface area (Å²) in [6.07, 6.45) is -2.11. The van der Waals surface area contributed by atoms with E-state index < -0.39 is 75.1 Å². The van der Waals surface area contributed by atoms with Crippen LogP contribution in [0.25, 0.3) is 16.8 Å². The van der Waals surface area contributed by atoms with Crippen LogP contribution in [0.2, 0.25) is 0 Å². The van der Waals surface area contributed by atoms with Gasteiger partial charge in [-0.3, -0.25) is 9.78 Å². The molecule has 3 aromatic rings. The molecular formula is C31H27F5N6O6S. The third-order valence-electron chi connectivity index (χ3n) is 8.13. The fraction of sp³-hybridized carbons (Fsp3) is 0.323. The highest BCUT2D eigenvalue weighted by Gasteiger charge is 2.45. The Bertz CT molecular complexity index is 2010. The molecule has 12 nitrogen and oxygen atoms in total. The average Bonchev–Trinajstić information content (AvgIpc) is 3.46. The number of hydrogen-bond acceptors (Lipinski definition) is 11. The van der Waals surface area contributed by atoms with Gasteiger partial charge < -0.3 is 25.1 Å². The normalized spacial score (nSPS) is 22.0. The number of ether oxygens (including phenoxy) is 1. The Balaban J connectivity index is 1.33. The van der Waals surface area contributed by atoms with E-state index in [1.807, 2.05) is 0 Å². The van der Waals surface area contributed by atoms with Crippen molar-refractivity contribution in [1.29, 1.82) is 0 Å². The average molecular weight is 707 g/mol. The Morgan fingerprint density at radius 1 is 1.16 bits per heavy atom. The molecule has 0 aliphatic carbocycles. The molecule has 0 radical (unpaired) electrons. The summed E-state index contributed by atoms with van der Waals surface area (Å²) >= 11 is 0. The van der Waals surface area contributed by atoms with E-state index in [0.717, 1.165) is 24.1 Å². The van der Waals surface area contributed by atoms with Crippen LogP contribution < -0.4 is 11.1 Å². The van der Waals surface area contributed by atoms with Crippen LogP contribution in [-0.2, 0) is 32.0 Å². The second kappa shape index (κ2) is 12.5. The maximum atomic E-state index is 14.5. The maximum absolute atomic E-state index is 14.5. The van der Waals surface area contributed by atoms with Gasteiger partial charge in [-0.15, -0.1) is 10.2 Å². The standard InChI is InChI=1S/C31H27F5N6O6S/c1-47-29(44)42-13-20(10-30(32,33)15-42)27-41-40-26(48-27)19-9-18(24-25(43)22(37)14-49(45,46)28(24)39-12-19)8-16-2-7-23(38-11-16)17-3-5-21(6-4-17)31(34,35)36/h2-7,9,11-12,20,22,39H,8,10,13-15,37H2,1H3/t20?,22-/m0/s1. The second-order valence-corrected chi connectivity index (χ2v) is 13.7. The summed E-state index contributed by atoms with van der Waals surface area (Å²) in [5.74, 6) is -6.00. The van der Waals surface area contributed by atoms with E-state index in [4.69, 9.17) is 10.2 Å². The molecule has 0 saturated carbocycles. The monoisotopic (exact) mass is 706 g/mol. The number of rotatable bonds is 5. The van der Waals surface area contributed by atoms with Gasteiger partial charge in [-0.05, 0) is 41.8 Å². The third-order valence-corrected chi connectivity index (χ3v) is 9.88. The number of likely N-dealkylation sites (tertiary alicyclic amines) is 1. The topological polar surface area (TPSA) is 171 Å². The largest absolute Gasteiger partial charge is 0.453 e. The predicted molar refractivity (Wildman–Crippen MR) is 162 cm³/mol. The number of pyridine rings is 1. The van der Waals surface area contributed by atoms with Crippen molar-refractivity contribution in [2.24, 2.45) is 5.73 Å². The van der Waals surface area contributed by atoms with E-state index in [-0.39, 0.29) is 41.5 Å². The molecule has 5 heterocycles. The molecule has 1 aromatic carbocycles. The van der Waals surface area contributed by atoms with Crippen LogP contribution in [-0.4, -0.2) is 78.3 Å². The molecule has 258 valence electrons. The summed E-state index contributed by atoms with van der Waals surface area (Å²) in [4.78, 5) is 30.5. The predicted octanol–water partition coefficient (Wildman–Crippen LogP) is 3.99. The van der Waals surface area contributed by atoms with E-state index in [9.17, 15) is 40.0 Å². The number of aromatic nitrogens is 3. The number of nitrogens with zero attached hydrogens (tertiary/aromatic N) is 4. The van der Waals surface area contributed by atoms with Crippen LogP contribution in [0, 0.1) is 0 Å². The fourth-order valence-corrected chi connectivity index (χ4v) is 7.39. The van der Waals surface area contributed by atoms with E-state index in [1.165, 1.54) is 30.6 Å². The lowest BCUT2D eigenvalue weighted by molar-refractivity contribution is -0.137. The van der Waals surface area contributed by atoms with Gasteiger partial charge in [-0.2, -0.15) is 13.2 Å². The number of methoxy groups -OCH3 is 1. The van der Waals surface area contributed by atoms with Gasteiger partial charge in [0.15, 0.2) is 15.6 Å². The summed E-state index contributed by atoms with van der Waals surface area (Å²) in [5.41, 5.74) is 6.50. The van der Waals surface area contributed by atoms with Gasteiger partial charge in [-0.25, -0.2) is 22.0 Å². The minimum Gasteiger partial charge on any atom is -0.453 e. The van der Waals surface area contributed by atoms with Crippen LogP contribution >= 0.6 is 0 Å². The number of carbonyl (C=O) groups is 2. The number of allylic oxidation sites excluding steroid dienone is 3. The number of alkyl halides is 5. The third kappa shape index (κ3) is 6.96. The first-order valence-corrected chi connectivity index (χ1v) is 16.3. The molecule has 3 N–H and O–H groups in total. The summed E-state index contributed by atoms with van der Waals surface area (Å²) in [5, 5.41) is 10.2. The lowest BCUT2D eigenvalue weighted by atomic mass is 9.92. The number of ketones is 1.